The summed E-state index contributed by atoms with van der Waals surface area (Å²) in [5.41, 5.74) is 0.828. The first-order valence-corrected chi connectivity index (χ1v) is 6.68. The largest absolute Gasteiger partial charge is 0.294 e. The minimum Gasteiger partial charge on any atom is -0.294 e. The van der Waals surface area contributed by atoms with Crippen molar-refractivity contribution in [2.45, 2.75) is 40.0 Å². The molecule has 1 unspecified atom stereocenters. The van der Waals surface area contributed by atoms with Crippen LogP contribution in [0.4, 0.5) is 0 Å². The van der Waals surface area contributed by atoms with Gasteiger partial charge >= 0.3 is 0 Å². The molecule has 1 rings (SSSR count). The van der Waals surface area contributed by atoms with E-state index in [1.54, 1.807) is 0 Å². The summed E-state index contributed by atoms with van der Waals surface area (Å²) in [5, 5.41) is -0.234. The third-order valence-corrected chi connectivity index (χ3v) is 2.95. The lowest BCUT2D eigenvalue weighted by molar-refractivity contribution is -0.114. The molecule has 0 N–H and O–H groups in total. The van der Waals surface area contributed by atoms with E-state index in [2.05, 4.69) is 0 Å². The number of halogens is 1. The molecule has 1 aromatic carbocycles. The number of benzene rings is 1. The molecule has 0 bridgehead atoms. The molecule has 0 spiro atoms. The quantitative estimate of drug-likeness (QED) is 0.583. The van der Waals surface area contributed by atoms with Gasteiger partial charge in [0.05, 0.1) is 0 Å². The molecule has 3 heteroatoms. The molecule has 0 fully saturated rings. The standard InChI is InChI=1S/C10H12O.C5H9ClO/c1-2-6-10(11)9-7-4-3-5-8-9;1-3-4(2)5(6)7/h3-5,7-8H,2,6H2,1H3;4H,3H2,1-2H3. The monoisotopic (exact) mass is 268 g/mol. The smallest absolute Gasteiger partial charge is 0.224 e. The van der Waals surface area contributed by atoms with E-state index in [-0.39, 0.29) is 16.9 Å². The van der Waals surface area contributed by atoms with Crippen molar-refractivity contribution < 1.29 is 9.59 Å². The van der Waals surface area contributed by atoms with E-state index in [1.807, 2.05) is 51.1 Å². The Morgan fingerprint density at radius 3 is 2.06 bits per heavy atom. The second-order valence-electron chi connectivity index (χ2n) is 4.15. The highest BCUT2D eigenvalue weighted by Crippen LogP contribution is 2.04. The van der Waals surface area contributed by atoms with Gasteiger partial charge in [0.15, 0.2) is 5.78 Å². The molecular weight excluding hydrogens is 248 g/mol. The Bertz CT molecular complexity index is 360. The first kappa shape index (κ1) is 16.9. The molecule has 0 saturated heterocycles. The molecule has 0 saturated carbocycles. The van der Waals surface area contributed by atoms with Crippen LogP contribution in [-0.2, 0) is 4.79 Å². The normalized spacial score (nSPS) is 11.1. The Hall–Kier alpha value is -1.15. The molecule has 100 valence electrons. The van der Waals surface area contributed by atoms with E-state index in [9.17, 15) is 9.59 Å². The maximum absolute atomic E-state index is 11.2. The highest BCUT2D eigenvalue weighted by atomic mass is 35.5. The van der Waals surface area contributed by atoms with Gasteiger partial charge in [-0.05, 0) is 24.4 Å². The van der Waals surface area contributed by atoms with E-state index in [1.165, 1.54) is 0 Å². The lowest BCUT2D eigenvalue weighted by Gasteiger charge is -1.96. The van der Waals surface area contributed by atoms with Crippen LogP contribution in [0.3, 0.4) is 0 Å². The molecule has 0 aromatic heterocycles. The molecule has 0 amide bonds. The second kappa shape index (κ2) is 9.84. The molecule has 0 aliphatic heterocycles. The second-order valence-corrected chi connectivity index (χ2v) is 4.53. The van der Waals surface area contributed by atoms with Crippen molar-refractivity contribution in [3.05, 3.63) is 35.9 Å². The first-order valence-electron chi connectivity index (χ1n) is 6.30. The summed E-state index contributed by atoms with van der Waals surface area (Å²) < 4.78 is 0. The zero-order valence-electron chi connectivity index (χ0n) is 11.3. The number of carbonyl (C=O) groups excluding carboxylic acids is 2. The van der Waals surface area contributed by atoms with Crippen molar-refractivity contribution in [1.29, 1.82) is 0 Å². The van der Waals surface area contributed by atoms with Gasteiger partial charge in [-0.15, -0.1) is 0 Å². The molecule has 0 aliphatic rings. The maximum atomic E-state index is 11.2. The highest BCUT2D eigenvalue weighted by Gasteiger charge is 2.04. The summed E-state index contributed by atoms with van der Waals surface area (Å²) >= 11 is 5.09. The Balaban J connectivity index is 0.000000360. The highest BCUT2D eigenvalue weighted by molar-refractivity contribution is 6.63. The number of hydrogen-bond donors (Lipinski definition) is 0. The third kappa shape index (κ3) is 7.23. The zero-order valence-corrected chi connectivity index (χ0v) is 12.0. The van der Waals surface area contributed by atoms with Crippen LogP contribution >= 0.6 is 11.6 Å². The van der Waals surface area contributed by atoms with Crippen LogP contribution < -0.4 is 0 Å². The lowest BCUT2D eigenvalue weighted by atomic mass is 10.1. The third-order valence-electron chi connectivity index (χ3n) is 2.57. The Morgan fingerprint density at radius 2 is 1.72 bits per heavy atom. The number of rotatable bonds is 5. The van der Waals surface area contributed by atoms with Gasteiger partial charge in [-0.1, -0.05) is 51.1 Å². The van der Waals surface area contributed by atoms with Crippen molar-refractivity contribution in [3.8, 4) is 0 Å². The van der Waals surface area contributed by atoms with Crippen LogP contribution in [0.1, 0.15) is 50.4 Å². The average Bonchev–Trinajstić information content (AvgIpc) is 2.39. The van der Waals surface area contributed by atoms with Gasteiger partial charge in [0.1, 0.15) is 0 Å². The van der Waals surface area contributed by atoms with Gasteiger partial charge in [-0.25, -0.2) is 0 Å². The van der Waals surface area contributed by atoms with Gasteiger partial charge in [0.2, 0.25) is 5.24 Å². The predicted octanol–water partition coefficient (Wildman–Crippen LogP) is 4.47. The topological polar surface area (TPSA) is 34.1 Å². The van der Waals surface area contributed by atoms with Crippen LogP contribution in [0.2, 0.25) is 0 Å². The van der Waals surface area contributed by atoms with Crippen LogP contribution in [0, 0.1) is 5.92 Å². The van der Waals surface area contributed by atoms with Crippen LogP contribution in [-0.4, -0.2) is 11.0 Å². The summed E-state index contributed by atoms with van der Waals surface area (Å²) in [4.78, 5) is 21.4. The van der Waals surface area contributed by atoms with Crippen LogP contribution in [0.15, 0.2) is 30.3 Å². The zero-order chi connectivity index (χ0) is 14.0. The predicted molar refractivity (Wildman–Crippen MR) is 76.0 cm³/mol. The summed E-state index contributed by atoms with van der Waals surface area (Å²) in [6, 6.07) is 9.42. The molecule has 0 radical (unpaired) electrons. The van der Waals surface area contributed by atoms with Gasteiger partial charge in [0, 0.05) is 17.9 Å². The van der Waals surface area contributed by atoms with Gasteiger partial charge in [0.25, 0.3) is 0 Å². The van der Waals surface area contributed by atoms with E-state index >= 15 is 0 Å². The first-order chi connectivity index (χ1) is 8.52. The van der Waals surface area contributed by atoms with Gasteiger partial charge < -0.3 is 0 Å². The number of hydrogen-bond acceptors (Lipinski definition) is 2. The van der Waals surface area contributed by atoms with E-state index in [4.69, 9.17) is 11.6 Å². The molecule has 2 nitrogen and oxygen atoms in total. The van der Waals surface area contributed by atoms with Crippen molar-refractivity contribution in [2.24, 2.45) is 5.92 Å². The van der Waals surface area contributed by atoms with Crippen molar-refractivity contribution in [2.75, 3.05) is 0 Å². The fourth-order valence-electron chi connectivity index (χ4n) is 1.16. The average molecular weight is 269 g/mol. The van der Waals surface area contributed by atoms with Crippen LogP contribution in [0.5, 0.6) is 0 Å². The minimum atomic E-state index is -0.234. The summed E-state index contributed by atoms with van der Waals surface area (Å²) in [6.45, 7) is 5.76. The molecule has 0 aliphatic carbocycles. The van der Waals surface area contributed by atoms with E-state index in [0.717, 1.165) is 18.4 Å². The van der Waals surface area contributed by atoms with Crippen molar-refractivity contribution in [3.63, 3.8) is 0 Å². The van der Waals surface area contributed by atoms with E-state index < -0.39 is 0 Å². The maximum Gasteiger partial charge on any atom is 0.224 e. The van der Waals surface area contributed by atoms with Gasteiger partial charge in [-0.2, -0.15) is 0 Å². The van der Waals surface area contributed by atoms with Crippen molar-refractivity contribution >= 4 is 22.6 Å². The van der Waals surface area contributed by atoms with E-state index in [0.29, 0.717) is 6.42 Å². The fourth-order valence-corrected chi connectivity index (χ4v) is 1.31. The molecule has 18 heavy (non-hydrogen) atoms. The SMILES string of the molecule is CCC(C)C(=O)Cl.CCCC(=O)c1ccccc1. The summed E-state index contributed by atoms with van der Waals surface area (Å²) in [6.07, 6.45) is 2.42. The Morgan fingerprint density at radius 1 is 1.17 bits per heavy atom. The fraction of sp³-hybridized carbons (Fsp3) is 0.467. The Kier molecular flexibility index (Phi) is 9.21. The number of carbonyl (C=O) groups is 2. The molecular formula is C15H21ClO2. The number of ketones is 1. The van der Waals surface area contributed by atoms with Crippen molar-refractivity contribution in [1.82, 2.24) is 0 Å². The Labute approximate surface area is 114 Å². The molecule has 0 heterocycles. The lowest BCUT2D eigenvalue weighted by Crippen LogP contribution is -1.99. The summed E-state index contributed by atoms with van der Waals surface area (Å²) in [7, 11) is 0. The minimum absolute atomic E-state index is 0.0293. The summed E-state index contributed by atoms with van der Waals surface area (Å²) in [5.74, 6) is 0.273. The number of Topliss-reactive ketones (excluding diaryl/α,β-unsaturated/α-hetero) is 1. The molecule has 1 atom stereocenters. The molecule has 1 aromatic rings. The van der Waals surface area contributed by atoms with Crippen LogP contribution in [0.25, 0.3) is 0 Å². The van der Waals surface area contributed by atoms with Gasteiger partial charge in [-0.3, -0.25) is 9.59 Å².